The Bertz CT molecular complexity index is 755. The molecule has 6 heteroatoms. The van der Waals surface area contributed by atoms with Crippen molar-refractivity contribution in [3.05, 3.63) is 70.8 Å². The van der Waals surface area contributed by atoms with Crippen molar-refractivity contribution in [2.75, 3.05) is 6.54 Å². The quantitative estimate of drug-likeness (QED) is 0.738. The van der Waals surface area contributed by atoms with Gasteiger partial charge in [0, 0.05) is 13.0 Å². The Kier molecular flexibility index (Phi) is 7.02. The third-order valence-electron chi connectivity index (χ3n) is 4.38. The van der Waals surface area contributed by atoms with Crippen LogP contribution in [-0.2, 0) is 17.4 Å². The first-order valence-electron chi connectivity index (χ1n) is 8.87. The number of carbonyl (C=O) groups excluding carboxylic acids is 1. The minimum Gasteiger partial charge on any atom is -0.387 e. The number of aliphatic hydroxyl groups is 1. The Labute approximate surface area is 157 Å². The van der Waals surface area contributed by atoms with Crippen LogP contribution in [0.3, 0.4) is 0 Å². The molecule has 1 unspecified atom stereocenters. The average Bonchev–Trinajstić information content (AvgIpc) is 2.64. The Balaban J connectivity index is 1.83. The number of alkyl halides is 3. The molecule has 146 valence electrons. The molecule has 0 saturated carbocycles. The largest absolute Gasteiger partial charge is 0.416 e. The molecule has 2 N–H and O–H groups in total. The van der Waals surface area contributed by atoms with Crippen LogP contribution in [0.1, 0.15) is 54.5 Å². The van der Waals surface area contributed by atoms with E-state index in [0.29, 0.717) is 12.3 Å². The van der Waals surface area contributed by atoms with E-state index in [-0.39, 0.29) is 24.4 Å². The van der Waals surface area contributed by atoms with E-state index in [1.807, 2.05) is 24.3 Å². The number of amides is 1. The molecule has 27 heavy (non-hydrogen) atoms. The Morgan fingerprint density at radius 3 is 2.33 bits per heavy atom. The molecular weight excluding hydrogens is 355 g/mol. The normalized spacial score (nSPS) is 12.9. The van der Waals surface area contributed by atoms with E-state index in [9.17, 15) is 23.1 Å². The van der Waals surface area contributed by atoms with Gasteiger partial charge in [0.2, 0.25) is 5.91 Å². The summed E-state index contributed by atoms with van der Waals surface area (Å²) in [6.45, 7) is 4.09. The third kappa shape index (κ3) is 6.40. The Morgan fingerprint density at radius 1 is 1.07 bits per heavy atom. The zero-order valence-electron chi connectivity index (χ0n) is 15.4. The van der Waals surface area contributed by atoms with Crippen LogP contribution in [0.2, 0.25) is 0 Å². The molecule has 3 nitrogen and oxygen atoms in total. The molecule has 0 saturated heterocycles. The second-order valence-corrected chi connectivity index (χ2v) is 6.84. The number of benzene rings is 2. The van der Waals surface area contributed by atoms with Gasteiger partial charge in [-0.1, -0.05) is 50.2 Å². The number of rotatable bonds is 7. The van der Waals surface area contributed by atoms with E-state index < -0.39 is 17.8 Å². The lowest BCUT2D eigenvalue weighted by Crippen LogP contribution is -2.28. The standard InChI is InChI=1S/C21H24F3NO2/c1-14(2)16-9-6-15(7-10-16)8-11-20(27)25-13-19(26)17-4-3-5-18(12-17)21(22,23)24/h3-7,9-10,12,14,19,26H,8,11,13H2,1-2H3,(H,25,27). The lowest BCUT2D eigenvalue weighted by atomic mass is 10.0. The molecule has 0 aliphatic carbocycles. The van der Waals surface area contributed by atoms with Gasteiger partial charge in [-0.25, -0.2) is 0 Å². The van der Waals surface area contributed by atoms with Gasteiger partial charge >= 0.3 is 6.18 Å². The van der Waals surface area contributed by atoms with Crippen molar-refractivity contribution in [1.29, 1.82) is 0 Å². The van der Waals surface area contributed by atoms with Gasteiger partial charge in [-0.15, -0.1) is 0 Å². The van der Waals surface area contributed by atoms with Crippen LogP contribution in [0.15, 0.2) is 48.5 Å². The highest BCUT2D eigenvalue weighted by Crippen LogP contribution is 2.30. The summed E-state index contributed by atoms with van der Waals surface area (Å²) in [7, 11) is 0. The fourth-order valence-corrected chi connectivity index (χ4v) is 2.67. The molecule has 0 aliphatic heterocycles. The number of aliphatic hydroxyl groups excluding tert-OH is 1. The first kappa shape index (κ1) is 21.0. The molecule has 0 radical (unpaired) electrons. The molecule has 0 bridgehead atoms. The van der Waals surface area contributed by atoms with Gasteiger partial charge in [-0.05, 0) is 41.2 Å². The van der Waals surface area contributed by atoms with E-state index in [4.69, 9.17) is 0 Å². The predicted octanol–water partition coefficient (Wildman–Crippen LogP) is 4.61. The van der Waals surface area contributed by atoms with Gasteiger partial charge in [-0.2, -0.15) is 13.2 Å². The monoisotopic (exact) mass is 379 g/mol. The third-order valence-corrected chi connectivity index (χ3v) is 4.38. The highest BCUT2D eigenvalue weighted by molar-refractivity contribution is 5.76. The van der Waals surface area contributed by atoms with E-state index in [1.54, 1.807) is 0 Å². The van der Waals surface area contributed by atoms with Crippen molar-refractivity contribution in [3.8, 4) is 0 Å². The zero-order chi connectivity index (χ0) is 20.0. The van der Waals surface area contributed by atoms with Crippen LogP contribution in [-0.4, -0.2) is 17.6 Å². The number of aryl methyl sites for hydroxylation is 1. The summed E-state index contributed by atoms with van der Waals surface area (Å²) in [5.41, 5.74) is 1.56. The summed E-state index contributed by atoms with van der Waals surface area (Å²) in [4.78, 5) is 12.0. The van der Waals surface area contributed by atoms with E-state index in [0.717, 1.165) is 17.7 Å². The van der Waals surface area contributed by atoms with Gasteiger partial charge in [0.15, 0.2) is 0 Å². The first-order chi connectivity index (χ1) is 12.7. The summed E-state index contributed by atoms with van der Waals surface area (Å²) < 4.78 is 38.2. The van der Waals surface area contributed by atoms with Crippen molar-refractivity contribution in [3.63, 3.8) is 0 Å². The Morgan fingerprint density at radius 2 is 1.74 bits per heavy atom. The topological polar surface area (TPSA) is 49.3 Å². The van der Waals surface area contributed by atoms with Crippen LogP contribution < -0.4 is 5.32 Å². The fraction of sp³-hybridized carbons (Fsp3) is 0.381. The number of nitrogens with one attached hydrogen (secondary N) is 1. The first-order valence-corrected chi connectivity index (χ1v) is 8.87. The van der Waals surface area contributed by atoms with E-state index in [2.05, 4.69) is 19.2 Å². The molecule has 2 rings (SSSR count). The number of halogens is 3. The summed E-state index contributed by atoms with van der Waals surface area (Å²) in [6, 6.07) is 12.5. The van der Waals surface area contributed by atoms with Gasteiger partial charge in [0.1, 0.15) is 0 Å². The zero-order valence-corrected chi connectivity index (χ0v) is 15.4. The molecule has 0 aromatic heterocycles. The van der Waals surface area contributed by atoms with Crippen molar-refractivity contribution in [1.82, 2.24) is 5.32 Å². The SMILES string of the molecule is CC(C)c1ccc(CCC(=O)NCC(O)c2cccc(C(F)(F)F)c2)cc1. The second-order valence-electron chi connectivity index (χ2n) is 6.84. The molecule has 0 aliphatic rings. The van der Waals surface area contributed by atoms with Gasteiger partial charge in [0.25, 0.3) is 0 Å². The number of carbonyl (C=O) groups is 1. The van der Waals surface area contributed by atoms with E-state index >= 15 is 0 Å². The molecule has 0 fully saturated rings. The average molecular weight is 379 g/mol. The van der Waals surface area contributed by atoms with Crippen molar-refractivity contribution in [2.45, 2.75) is 44.9 Å². The maximum absolute atomic E-state index is 12.7. The maximum atomic E-state index is 12.7. The minimum absolute atomic E-state index is 0.120. The van der Waals surface area contributed by atoms with Gasteiger partial charge in [0.05, 0.1) is 11.7 Å². The van der Waals surface area contributed by atoms with Crippen molar-refractivity contribution >= 4 is 5.91 Å². The van der Waals surface area contributed by atoms with Crippen LogP contribution >= 0.6 is 0 Å². The number of hydrogen-bond acceptors (Lipinski definition) is 2. The van der Waals surface area contributed by atoms with Gasteiger partial charge < -0.3 is 10.4 Å². The molecule has 1 atom stereocenters. The molecule has 0 spiro atoms. The second kappa shape index (κ2) is 9.04. The molecule has 1 amide bonds. The summed E-state index contributed by atoms with van der Waals surface area (Å²) in [5.74, 6) is 0.189. The predicted molar refractivity (Wildman–Crippen MR) is 98.3 cm³/mol. The van der Waals surface area contributed by atoms with Crippen LogP contribution in [0.4, 0.5) is 13.2 Å². The van der Waals surface area contributed by atoms with Crippen molar-refractivity contribution in [2.24, 2.45) is 0 Å². The smallest absolute Gasteiger partial charge is 0.387 e. The number of hydrogen-bond donors (Lipinski definition) is 2. The summed E-state index contributed by atoms with van der Waals surface area (Å²) >= 11 is 0. The molecular formula is C21H24F3NO2. The summed E-state index contributed by atoms with van der Waals surface area (Å²) in [5, 5.41) is 12.6. The Hall–Kier alpha value is -2.34. The van der Waals surface area contributed by atoms with Crippen LogP contribution in [0.5, 0.6) is 0 Å². The summed E-state index contributed by atoms with van der Waals surface area (Å²) in [6.07, 6.45) is -4.86. The van der Waals surface area contributed by atoms with Crippen molar-refractivity contribution < 1.29 is 23.1 Å². The molecule has 0 heterocycles. The lowest BCUT2D eigenvalue weighted by molar-refractivity contribution is -0.137. The highest BCUT2D eigenvalue weighted by Gasteiger charge is 2.30. The van der Waals surface area contributed by atoms with E-state index in [1.165, 1.54) is 17.7 Å². The molecule has 2 aromatic carbocycles. The van der Waals surface area contributed by atoms with Gasteiger partial charge in [-0.3, -0.25) is 4.79 Å². The lowest BCUT2D eigenvalue weighted by Gasteiger charge is -2.14. The minimum atomic E-state index is -4.47. The highest BCUT2D eigenvalue weighted by atomic mass is 19.4. The maximum Gasteiger partial charge on any atom is 0.416 e. The van der Waals surface area contributed by atoms with Crippen LogP contribution in [0, 0.1) is 0 Å². The molecule has 2 aromatic rings. The van der Waals surface area contributed by atoms with Crippen LogP contribution in [0.25, 0.3) is 0 Å². The fourth-order valence-electron chi connectivity index (χ4n) is 2.67.